The zero-order valence-corrected chi connectivity index (χ0v) is 23.6. The van der Waals surface area contributed by atoms with Crippen LogP contribution < -0.4 is 15.5 Å². The molecule has 228 valence electrons. The normalized spacial score (nSPS) is 16.0. The maximum atomic E-state index is 14.6. The maximum absolute atomic E-state index is 14.6. The van der Waals surface area contributed by atoms with Crippen molar-refractivity contribution in [3.8, 4) is 0 Å². The zero-order chi connectivity index (χ0) is 31.6. The number of carbonyl (C=O) groups excluding carboxylic acids is 3. The summed E-state index contributed by atoms with van der Waals surface area (Å²) >= 11 is 6.14. The number of alkyl halides is 3. The molecule has 3 aromatic carbocycles. The number of hydrogen-bond acceptors (Lipinski definition) is 3. The highest BCUT2D eigenvalue weighted by molar-refractivity contribution is 6.30. The Morgan fingerprint density at radius 1 is 1.00 bits per heavy atom. The Morgan fingerprint density at radius 3 is 2.33 bits per heavy atom. The number of carbonyl (C=O) groups is 3. The molecule has 13 heteroatoms. The van der Waals surface area contributed by atoms with E-state index in [0.717, 1.165) is 17.7 Å². The molecule has 1 heterocycles. The molecule has 1 aliphatic heterocycles. The van der Waals surface area contributed by atoms with Crippen molar-refractivity contribution in [1.29, 1.82) is 0 Å². The summed E-state index contributed by atoms with van der Waals surface area (Å²) in [6, 6.07) is 5.70. The Balaban J connectivity index is 1.66. The van der Waals surface area contributed by atoms with Gasteiger partial charge >= 0.3 is 6.18 Å². The maximum Gasteiger partial charge on any atom is 0.417 e. The van der Waals surface area contributed by atoms with E-state index in [-0.39, 0.29) is 24.1 Å². The van der Waals surface area contributed by atoms with Crippen LogP contribution in [0.2, 0.25) is 5.02 Å². The molecule has 3 aromatic rings. The zero-order valence-electron chi connectivity index (χ0n) is 22.9. The lowest BCUT2D eigenvalue weighted by Gasteiger charge is -2.30. The van der Waals surface area contributed by atoms with Crippen LogP contribution in [0.4, 0.5) is 32.0 Å². The van der Waals surface area contributed by atoms with Crippen LogP contribution in [-0.4, -0.2) is 35.8 Å². The van der Waals surface area contributed by atoms with Gasteiger partial charge in [-0.2, -0.15) is 13.2 Å². The molecule has 0 aliphatic carbocycles. The van der Waals surface area contributed by atoms with Crippen LogP contribution in [0.5, 0.6) is 0 Å². The van der Waals surface area contributed by atoms with E-state index in [1.807, 2.05) is 0 Å². The van der Waals surface area contributed by atoms with E-state index in [9.17, 15) is 40.7 Å². The Morgan fingerprint density at radius 2 is 1.67 bits per heavy atom. The third-order valence-electron chi connectivity index (χ3n) is 6.96. The van der Waals surface area contributed by atoms with Crippen LogP contribution in [0.25, 0.3) is 0 Å². The second-order valence-electron chi connectivity index (χ2n) is 10.3. The van der Waals surface area contributed by atoms with Crippen molar-refractivity contribution < 1.29 is 40.7 Å². The van der Waals surface area contributed by atoms with Crippen molar-refractivity contribution in [2.45, 2.75) is 57.4 Å². The predicted octanol–water partition coefficient (Wildman–Crippen LogP) is 5.99. The van der Waals surface area contributed by atoms with Crippen LogP contribution in [0, 0.1) is 17.5 Å². The van der Waals surface area contributed by atoms with Gasteiger partial charge in [-0.15, -0.1) is 0 Å². The summed E-state index contributed by atoms with van der Waals surface area (Å²) in [4.78, 5) is 41.7. The summed E-state index contributed by atoms with van der Waals surface area (Å²) in [6.07, 6.45) is -5.27. The molecule has 43 heavy (non-hydrogen) atoms. The summed E-state index contributed by atoms with van der Waals surface area (Å²) in [6.45, 7) is 3.53. The molecule has 0 saturated carbocycles. The third kappa shape index (κ3) is 7.30. The molecule has 0 spiro atoms. The van der Waals surface area contributed by atoms with Crippen LogP contribution in [-0.2, 0) is 28.6 Å². The monoisotopic (exact) mass is 625 g/mol. The first kappa shape index (κ1) is 31.9. The lowest BCUT2D eigenvalue weighted by Crippen LogP contribution is -2.55. The fourth-order valence-corrected chi connectivity index (χ4v) is 5.13. The Kier molecular flexibility index (Phi) is 9.38. The van der Waals surface area contributed by atoms with Gasteiger partial charge in [-0.25, -0.2) is 13.2 Å². The van der Waals surface area contributed by atoms with E-state index in [2.05, 4.69) is 10.6 Å². The molecule has 2 N–H and O–H groups in total. The minimum atomic E-state index is -5.11. The molecule has 0 saturated heterocycles. The minimum Gasteiger partial charge on any atom is -0.342 e. The first-order valence-corrected chi connectivity index (χ1v) is 13.6. The highest BCUT2D eigenvalue weighted by atomic mass is 35.5. The van der Waals surface area contributed by atoms with Crippen molar-refractivity contribution in [2.24, 2.45) is 0 Å². The van der Waals surface area contributed by atoms with Crippen LogP contribution >= 0.6 is 11.6 Å². The van der Waals surface area contributed by atoms with Gasteiger partial charge < -0.3 is 15.5 Å². The number of rotatable bonds is 7. The quantitative estimate of drug-likeness (QED) is 0.317. The van der Waals surface area contributed by atoms with Crippen molar-refractivity contribution in [3.63, 3.8) is 0 Å². The number of benzene rings is 3. The van der Waals surface area contributed by atoms with Gasteiger partial charge in [-0.1, -0.05) is 17.7 Å². The fraction of sp³-hybridized carbons (Fsp3) is 0.300. The lowest BCUT2D eigenvalue weighted by molar-refractivity contribution is -0.138. The minimum absolute atomic E-state index is 0.114. The summed E-state index contributed by atoms with van der Waals surface area (Å²) in [5, 5.41) is 5.15. The average molecular weight is 626 g/mol. The number of nitrogens with zero attached hydrogens (tertiary/aromatic N) is 1. The molecular formula is C30H26ClF6N3O3. The van der Waals surface area contributed by atoms with Crippen molar-refractivity contribution >= 4 is 35.0 Å². The number of amides is 3. The van der Waals surface area contributed by atoms with E-state index < -0.39 is 71.0 Å². The molecule has 0 radical (unpaired) electrons. The highest BCUT2D eigenvalue weighted by Gasteiger charge is 2.38. The molecule has 0 bridgehead atoms. The van der Waals surface area contributed by atoms with E-state index >= 15 is 0 Å². The van der Waals surface area contributed by atoms with Gasteiger partial charge in [0.05, 0.1) is 11.1 Å². The van der Waals surface area contributed by atoms with Gasteiger partial charge in [0.1, 0.15) is 29.5 Å². The van der Waals surface area contributed by atoms with Gasteiger partial charge in [0.25, 0.3) is 5.91 Å². The van der Waals surface area contributed by atoms with E-state index in [1.165, 1.54) is 4.90 Å². The van der Waals surface area contributed by atoms with Gasteiger partial charge in [-0.3, -0.25) is 14.4 Å². The molecule has 0 unspecified atom stereocenters. The first-order valence-electron chi connectivity index (χ1n) is 13.2. The second kappa shape index (κ2) is 12.7. The number of aryl methyl sites for hydroxylation is 1. The van der Waals surface area contributed by atoms with Gasteiger partial charge in [0.2, 0.25) is 11.8 Å². The molecule has 0 aromatic heterocycles. The Bertz CT molecular complexity index is 1560. The summed E-state index contributed by atoms with van der Waals surface area (Å²) in [5.41, 5.74) is -1.44. The van der Waals surface area contributed by atoms with Crippen LogP contribution in [0.1, 0.15) is 47.3 Å². The number of anilines is 1. The fourth-order valence-electron chi connectivity index (χ4n) is 4.94. The largest absolute Gasteiger partial charge is 0.417 e. The summed E-state index contributed by atoms with van der Waals surface area (Å²) in [5.74, 6) is -6.10. The standard InChI is InChI=1S/C30H26ClF6N3O3/c1-15(2)40-26-10-5-18(31)11-17(26)4-9-24(29(40)43)38-28(42)25(12-16-3-6-20(33)14-23(16)34)39-27(41)21-8-7-19(32)13-22(21)30(35,36)37/h3,5-8,10-11,13-15,24-25H,4,9,12H2,1-2H3,(H,38,42)(H,39,41)/t24-,25-/m1/s1. The third-order valence-corrected chi connectivity index (χ3v) is 7.20. The van der Waals surface area contributed by atoms with Crippen molar-refractivity contribution in [2.75, 3.05) is 4.90 Å². The SMILES string of the molecule is CC(C)N1C(=O)[C@H](NC(=O)[C@@H](Cc2ccc(F)cc2F)NC(=O)c2ccc(F)cc2C(F)(F)F)CCc2cc(Cl)ccc21. The Hall–Kier alpha value is -4.06. The average Bonchev–Trinajstić information content (AvgIpc) is 3.04. The van der Waals surface area contributed by atoms with Gasteiger partial charge in [-0.05, 0) is 80.3 Å². The number of halogens is 7. The van der Waals surface area contributed by atoms with E-state index in [1.54, 1.807) is 32.0 Å². The molecule has 4 rings (SSSR count). The molecule has 3 amide bonds. The molecular weight excluding hydrogens is 600 g/mol. The first-order chi connectivity index (χ1) is 20.1. The summed E-state index contributed by atoms with van der Waals surface area (Å²) in [7, 11) is 0. The van der Waals surface area contributed by atoms with E-state index in [4.69, 9.17) is 11.6 Å². The highest BCUT2D eigenvalue weighted by Crippen LogP contribution is 2.33. The number of fused-ring (bicyclic) bond motifs is 1. The number of hydrogen-bond donors (Lipinski definition) is 2. The van der Waals surface area contributed by atoms with Gasteiger partial charge in [0.15, 0.2) is 0 Å². The smallest absolute Gasteiger partial charge is 0.342 e. The van der Waals surface area contributed by atoms with E-state index in [0.29, 0.717) is 35.3 Å². The predicted molar refractivity (Wildman–Crippen MR) is 147 cm³/mol. The lowest BCUT2D eigenvalue weighted by atomic mass is 10.0. The Labute approximate surface area is 248 Å². The topological polar surface area (TPSA) is 78.5 Å². The van der Waals surface area contributed by atoms with Crippen LogP contribution in [0.3, 0.4) is 0 Å². The van der Waals surface area contributed by atoms with Crippen molar-refractivity contribution in [3.05, 3.63) is 99.3 Å². The number of nitrogens with one attached hydrogen (secondary N) is 2. The molecule has 0 fully saturated rings. The summed E-state index contributed by atoms with van der Waals surface area (Å²) < 4.78 is 82.5. The molecule has 1 aliphatic rings. The van der Waals surface area contributed by atoms with Crippen LogP contribution in [0.15, 0.2) is 54.6 Å². The van der Waals surface area contributed by atoms with Crippen molar-refractivity contribution in [1.82, 2.24) is 10.6 Å². The molecule has 6 nitrogen and oxygen atoms in total. The molecule has 2 atom stereocenters. The second-order valence-corrected chi connectivity index (χ2v) is 10.8. The van der Waals surface area contributed by atoms with Gasteiger partial charge in [0, 0.05) is 29.2 Å².